The molecule has 1 atom stereocenters. The minimum Gasteiger partial charge on any atom is -0.489 e. The number of aliphatic imine (C=N–C) groups is 1. The van der Waals surface area contributed by atoms with Crippen LogP contribution < -0.4 is 15.4 Å². The molecule has 0 amide bonds. The van der Waals surface area contributed by atoms with Gasteiger partial charge in [-0.1, -0.05) is 23.8 Å². The topological polar surface area (TPSA) is 75.8 Å². The third kappa shape index (κ3) is 6.08. The van der Waals surface area contributed by atoms with Crippen LogP contribution in [-0.4, -0.2) is 39.8 Å². The van der Waals surface area contributed by atoms with Gasteiger partial charge < -0.3 is 15.4 Å². The van der Waals surface area contributed by atoms with Crippen LogP contribution in [0.5, 0.6) is 5.75 Å². The van der Waals surface area contributed by atoms with Crippen molar-refractivity contribution in [3.05, 3.63) is 60.0 Å². The fraction of sp³-hybridized carbons (Fsp3) is 0.350. The van der Waals surface area contributed by atoms with Gasteiger partial charge in [0.1, 0.15) is 18.4 Å². The summed E-state index contributed by atoms with van der Waals surface area (Å²) in [6, 6.07) is 13.9. The van der Waals surface area contributed by atoms with E-state index in [1.54, 1.807) is 0 Å². The summed E-state index contributed by atoms with van der Waals surface area (Å²) < 4.78 is 7.87. The monoisotopic (exact) mass is 494 g/mol. The number of aryl methyl sites for hydroxylation is 1. The molecule has 2 N–H and O–H groups in total. The Balaban J connectivity index is 0.00000280. The molecule has 8 heteroatoms. The zero-order valence-corrected chi connectivity index (χ0v) is 18.8. The molecule has 2 heterocycles. The van der Waals surface area contributed by atoms with Gasteiger partial charge >= 0.3 is 0 Å². The number of halogens is 1. The first kappa shape index (κ1) is 21.9. The summed E-state index contributed by atoms with van der Waals surface area (Å²) in [6.07, 6.45) is 1.95. The van der Waals surface area contributed by atoms with Crippen molar-refractivity contribution in [2.45, 2.75) is 33.4 Å². The number of hydrogen-bond donors (Lipinski definition) is 2. The summed E-state index contributed by atoms with van der Waals surface area (Å²) >= 11 is 0. The molecular weight excluding hydrogens is 467 g/mol. The largest absolute Gasteiger partial charge is 0.489 e. The lowest BCUT2D eigenvalue weighted by Crippen LogP contribution is -2.41. The summed E-state index contributed by atoms with van der Waals surface area (Å²) in [5, 5.41) is 14.9. The smallest absolute Gasteiger partial charge is 0.191 e. The van der Waals surface area contributed by atoms with E-state index >= 15 is 0 Å². The third-order valence-corrected chi connectivity index (χ3v) is 4.02. The maximum Gasteiger partial charge on any atom is 0.191 e. The van der Waals surface area contributed by atoms with Crippen molar-refractivity contribution < 1.29 is 4.74 Å². The molecule has 0 saturated heterocycles. The second kappa shape index (κ2) is 10.8. The molecule has 1 unspecified atom stereocenters. The van der Waals surface area contributed by atoms with Gasteiger partial charge in [-0.05, 0) is 45.0 Å². The number of ether oxygens (including phenoxy) is 1. The van der Waals surface area contributed by atoms with Crippen LogP contribution in [0.25, 0.3) is 5.65 Å². The lowest BCUT2D eigenvalue weighted by Gasteiger charge is -2.17. The van der Waals surface area contributed by atoms with E-state index < -0.39 is 0 Å². The van der Waals surface area contributed by atoms with E-state index in [2.05, 4.69) is 32.7 Å². The van der Waals surface area contributed by atoms with Crippen molar-refractivity contribution in [2.75, 3.05) is 13.1 Å². The molecular formula is C20H27IN6O. The van der Waals surface area contributed by atoms with Crippen LogP contribution in [-0.2, 0) is 6.54 Å². The first-order chi connectivity index (χ1) is 13.2. The van der Waals surface area contributed by atoms with Gasteiger partial charge in [-0.3, -0.25) is 4.40 Å². The van der Waals surface area contributed by atoms with Crippen molar-refractivity contribution in [3.8, 4) is 5.75 Å². The van der Waals surface area contributed by atoms with Gasteiger partial charge in [-0.25, -0.2) is 4.99 Å². The average molecular weight is 494 g/mol. The first-order valence-electron chi connectivity index (χ1n) is 9.20. The second-order valence-electron chi connectivity index (χ2n) is 6.36. The van der Waals surface area contributed by atoms with Gasteiger partial charge in [0.15, 0.2) is 17.4 Å². The highest BCUT2D eigenvalue weighted by Crippen LogP contribution is 2.13. The zero-order chi connectivity index (χ0) is 19.1. The predicted octanol–water partition coefficient (Wildman–Crippen LogP) is 3.18. The number of aromatic nitrogens is 3. The number of benzene rings is 1. The van der Waals surface area contributed by atoms with E-state index in [1.807, 2.05) is 66.9 Å². The Hall–Kier alpha value is -2.36. The highest BCUT2D eigenvalue weighted by Gasteiger charge is 2.07. The number of hydrogen-bond acceptors (Lipinski definition) is 4. The minimum atomic E-state index is 0. The number of nitrogens with zero attached hydrogens (tertiary/aromatic N) is 4. The summed E-state index contributed by atoms with van der Waals surface area (Å²) in [6.45, 7) is 7.98. The van der Waals surface area contributed by atoms with Gasteiger partial charge in [0.05, 0.1) is 6.54 Å². The quantitative estimate of drug-likeness (QED) is 0.300. The third-order valence-electron chi connectivity index (χ3n) is 4.02. The van der Waals surface area contributed by atoms with E-state index in [0.29, 0.717) is 13.1 Å². The lowest BCUT2D eigenvalue weighted by atomic mass is 10.2. The van der Waals surface area contributed by atoms with Crippen molar-refractivity contribution in [1.29, 1.82) is 0 Å². The van der Waals surface area contributed by atoms with Crippen molar-refractivity contribution in [3.63, 3.8) is 0 Å². The first-order valence-corrected chi connectivity index (χ1v) is 9.20. The molecule has 0 saturated carbocycles. The highest BCUT2D eigenvalue weighted by atomic mass is 127. The molecule has 3 aromatic rings. The molecule has 0 bridgehead atoms. The van der Waals surface area contributed by atoms with Gasteiger partial charge in [0.25, 0.3) is 0 Å². The van der Waals surface area contributed by atoms with Crippen LogP contribution in [0.2, 0.25) is 0 Å². The van der Waals surface area contributed by atoms with Crippen LogP contribution in [0.15, 0.2) is 53.7 Å². The summed E-state index contributed by atoms with van der Waals surface area (Å²) in [7, 11) is 0. The zero-order valence-electron chi connectivity index (χ0n) is 16.4. The van der Waals surface area contributed by atoms with Crippen molar-refractivity contribution >= 4 is 35.6 Å². The van der Waals surface area contributed by atoms with E-state index in [1.165, 1.54) is 5.56 Å². The Labute approximate surface area is 182 Å². The molecule has 3 rings (SSSR count). The SMILES string of the molecule is CCNC(=NCc1nnc2ccccn12)NCC(C)Oc1ccc(C)cc1.I. The molecule has 0 radical (unpaired) electrons. The Morgan fingerprint density at radius 1 is 1.14 bits per heavy atom. The number of nitrogens with one attached hydrogen (secondary N) is 2. The molecule has 28 heavy (non-hydrogen) atoms. The summed E-state index contributed by atoms with van der Waals surface area (Å²) in [5.41, 5.74) is 2.04. The molecule has 0 aliphatic heterocycles. The Kier molecular flexibility index (Phi) is 8.49. The molecule has 2 aromatic heterocycles. The summed E-state index contributed by atoms with van der Waals surface area (Å²) in [5.74, 6) is 2.39. The number of guanidine groups is 1. The molecule has 0 aliphatic rings. The Morgan fingerprint density at radius 2 is 1.93 bits per heavy atom. The van der Waals surface area contributed by atoms with Gasteiger partial charge in [-0.15, -0.1) is 34.2 Å². The number of rotatable bonds is 7. The van der Waals surface area contributed by atoms with Gasteiger partial charge in [0.2, 0.25) is 0 Å². The van der Waals surface area contributed by atoms with Crippen LogP contribution in [0.4, 0.5) is 0 Å². The Morgan fingerprint density at radius 3 is 2.68 bits per heavy atom. The van der Waals surface area contributed by atoms with Gasteiger partial charge in [-0.2, -0.15) is 0 Å². The predicted molar refractivity (Wildman–Crippen MR) is 122 cm³/mol. The Bertz CT molecular complexity index is 893. The average Bonchev–Trinajstić information content (AvgIpc) is 3.09. The maximum atomic E-state index is 5.93. The lowest BCUT2D eigenvalue weighted by molar-refractivity contribution is 0.224. The standard InChI is InChI=1S/C20H26N6O.HI/c1-4-21-20(22-13-16(3)27-17-10-8-15(2)9-11-17)23-14-19-25-24-18-7-5-6-12-26(18)19;/h5-12,16H,4,13-14H2,1-3H3,(H2,21,22,23);1H. The van der Waals surface area contributed by atoms with E-state index in [9.17, 15) is 0 Å². The number of pyridine rings is 1. The molecule has 150 valence electrons. The maximum absolute atomic E-state index is 5.93. The van der Waals surface area contributed by atoms with E-state index in [4.69, 9.17) is 4.74 Å². The summed E-state index contributed by atoms with van der Waals surface area (Å²) in [4.78, 5) is 4.61. The van der Waals surface area contributed by atoms with Crippen molar-refractivity contribution in [1.82, 2.24) is 25.2 Å². The van der Waals surface area contributed by atoms with E-state index in [-0.39, 0.29) is 30.1 Å². The van der Waals surface area contributed by atoms with E-state index in [0.717, 1.165) is 29.7 Å². The molecule has 1 aromatic carbocycles. The highest BCUT2D eigenvalue weighted by molar-refractivity contribution is 14.0. The van der Waals surface area contributed by atoms with Crippen LogP contribution in [0.3, 0.4) is 0 Å². The molecule has 0 aliphatic carbocycles. The second-order valence-corrected chi connectivity index (χ2v) is 6.36. The van der Waals surface area contributed by atoms with Crippen molar-refractivity contribution in [2.24, 2.45) is 4.99 Å². The molecule has 7 nitrogen and oxygen atoms in total. The molecule has 0 spiro atoms. The molecule has 0 fully saturated rings. The van der Waals surface area contributed by atoms with Crippen LogP contribution in [0, 0.1) is 6.92 Å². The fourth-order valence-corrected chi connectivity index (χ4v) is 2.62. The minimum absolute atomic E-state index is 0. The van der Waals surface area contributed by atoms with Crippen LogP contribution in [0.1, 0.15) is 25.2 Å². The van der Waals surface area contributed by atoms with Gasteiger partial charge in [0, 0.05) is 12.7 Å². The normalized spacial score (nSPS) is 12.3. The number of fused-ring (bicyclic) bond motifs is 1. The van der Waals surface area contributed by atoms with Crippen LogP contribution >= 0.6 is 24.0 Å². The fourth-order valence-electron chi connectivity index (χ4n) is 2.62.